The Morgan fingerprint density at radius 1 is 1.44 bits per heavy atom. The van der Waals surface area contributed by atoms with Gasteiger partial charge in [-0.05, 0) is 55.8 Å². The Bertz CT molecular complexity index is 399. The SMILES string of the molecule is Cc1nc(Br)ccc1NC(=O)OC(C)(C)C. The Hall–Kier alpha value is -1.10. The van der Waals surface area contributed by atoms with Crippen LogP contribution in [0.25, 0.3) is 0 Å². The second kappa shape index (κ2) is 4.82. The number of pyridine rings is 1. The van der Waals surface area contributed by atoms with Gasteiger partial charge in [0.15, 0.2) is 0 Å². The van der Waals surface area contributed by atoms with E-state index in [4.69, 9.17) is 4.74 Å². The van der Waals surface area contributed by atoms with E-state index in [1.807, 2.05) is 27.7 Å². The highest BCUT2D eigenvalue weighted by Gasteiger charge is 2.16. The molecular weight excluding hydrogens is 272 g/mol. The maximum Gasteiger partial charge on any atom is 0.412 e. The molecule has 1 N–H and O–H groups in total. The van der Waals surface area contributed by atoms with Gasteiger partial charge in [-0.25, -0.2) is 9.78 Å². The monoisotopic (exact) mass is 286 g/mol. The van der Waals surface area contributed by atoms with Crippen LogP contribution in [0.15, 0.2) is 16.7 Å². The standard InChI is InChI=1S/C11H15BrN2O2/c1-7-8(5-6-9(12)13-7)14-10(15)16-11(2,3)4/h5-6H,1-4H3,(H,14,15). The molecule has 1 aromatic heterocycles. The fourth-order valence-corrected chi connectivity index (χ4v) is 1.47. The number of anilines is 1. The number of nitrogens with one attached hydrogen (secondary N) is 1. The molecule has 5 heteroatoms. The van der Waals surface area contributed by atoms with E-state index in [-0.39, 0.29) is 0 Å². The fraction of sp³-hybridized carbons (Fsp3) is 0.455. The minimum Gasteiger partial charge on any atom is -0.444 e. The summed E-state index contributed by atoms with van der Waals surface area (Å²) >= 11 is 3.26. The van der Waals surface area contributed by atoms with Crippen molar-refractivity contribution in [2.45, 2.75) is 33.3 Å². The highest BCUT2D eigenvalue weighted by molar-refractivity contribution is 9.10. The topological polar surface area (TPSA) is 51.2 Å². The summed E-state index contributed by atoms with van der Waals surface area (Å²) in [7, 11) is 0. The molecule has 0 saturated carbocycles. The molecule has 0 unspecified atom stereocenters. The molecule has 1 amide bonds. The van der Waals surface area contributed by atoms with Crippen LogP contribution in [-0.4, -0.2) is 16.7 Å². The summed E-state index contributed by atoms with van der Waals surface area (Å²) in [5.41, 5.74) is 0.888. The first-order chi connectivity index (χ1) is 7.28. The first-order valence-corrected chi connectivity index (χ1v) is 5.70. The molecular formula is C11H15BrN2O2. The van der Waals surface area contributed by atoms with E-state index in [9.17, 15) is 4.79 Å². The van der Waals surface area contributed by atoms with Gasteiger partial charge in [-0.15, -0.1) is 0 Å². The van der Waals surface area contributed by atoms with Gasteiger partial charge in [-0.3, -0.25) is 5.32 Å². The lowest BCUT2D eigenvalue weighted by molar-refractivity contribution is 0.0635. The maximum absolute atomic E-state index is 11.5. The largest absolute Gasteiger partial charge is 0.444 e. The highest BCUT2D eigenvalue weighted by Crippen LogP contribution is 2.17. The summed E-state index contributed by atoms with van der Waals surface area (Å²) in [6.07, 6.45) is -0.472. The van der Waals surface area contributed by atoms with Crippen molar-refractivity contribution >= 4 is 27.7 Å². The number of carbonyl (C=O) groups excluding carboxylic acids is 1. The van der Waals surface area contributed by atoms with Crippen molar-refractivity contribution in [3.63, 3.8) is 0 Å². The van der Waals surface area contributed by atoms with Crippen LogP contribution in [0.4, 0.5) is 10.5 Å². The Morgan fingerprint density at radius 3 is 2.56 bits per heavy atom. The van der Waals surface area contributed by atoms with Crippen LogP contribution in [0.5, 0.6) is 0 Å². The van der Waals surface area contributed by atoms with Crippen LogP contribution < -0.4 is 5.32 Å². The third kappa shape index (κ3) is 4.18. The van der Waals surface area contributed by atoms with Crippen molar-refractivity contribution in [3.8, 4) is 0 Å². The number of halogens is 1. The average molecular weight is 287 g/mol. The van der Waals surface area contributed by atoms with Crippen molar-refractivity contribution < 1.29 is 9.53 Å². The Morgan fingerprint density at radius 2 is 2.06 bits per heavy atom. The third-order valence-corrected chi connectivity index (χ3v) is 2.13. The summed E-state index contributed by atoms with van der Waals surface area (Å²) < 4.78 is 5.87. The quantitative estimate of drug-likeness (QED) is 0.804. The summed E-state index contributed by atoms with van der Waals surface area (Å²) in [6, 6.07) is 3.54. The number of amides is 1. The third-order valence-electron chi connectivity index (χ3n) is 1.69. The minimum atomic E-state index is -0.499. The number of aromatic nitrogens is 1. The first-order valence-electron chi connectivity index (χ1n) is 4.91. The molecule has 1 heterocycles. The second-order valence-corrected chi connectivity index (χ2v) is 5.21. The molecule has 16 heavy (non-hydrogen) atoms. The summed E-state index contributed by atoms with van der Waals surface area (Å²) in [4.78, 5) is 15.7. The van der Waals surface area contributed by atoms with Gasteiger partial charge in [0.2, 0.25) is 0 Å². The Kier molecular flexibility index (Phi) is 3.91. The highest BCUT2D eigenvalue weighted by atomic mass is 79.9. The Labute approximate surface area is 104 Å². The molecule has 0 saturated heterocycles. The summed E-state index contributed by atoms with van der Waals surface area (Å²) in [6.45, 7) is 7.27. The molecule has 0 spiro atoms. The zero-order valence-electron chi connectivity index (χ0n) is 9.80. The lowest BCUT2D eigenvalue weighted by atomic mass is 10.2. The van der Waals surface area contributed by atoms with Gasteiger partial charge >= 0.3 is 6.09 Å². The minimum absolute atomic E-state index is 0.472. The van der Waals surface area contributed by atoms with Crippen LogP contribution >= 0.6 is 15.9 Å². The number of ether oxygens (including phenoxy) is 1. The second-order valence-electron chi connectivity index (χ2n) is 4.39. The molecule has 88 valence electrons. The number of aryl methyl sites for hydroxylation is 1. The van der Waals surface area contributed by atoms with Crippen molar-refractivity contribution in [1.29, 1.82) is 0 Å². The molecule has 0 bridgehead atoms. The van der Waals surface area contributed by atoms with Crippen LogP contribution in [-0.2, 0) is 4.74 Å². The number of carbonyl (C=O) groups is 1. The molecule has 0 radical (unpaired) electrons. The van der Waals surface area contributed by atoms with Gasteiger partial charge in [-0.1, -0.05) is 0 Å². The van der Waals surface area contributed by atoms with E-state index < -0.39 is 11.7 Å². The van der Waals surface area contributed by atoms with Crippen molar-refractivity contribution in [2.24, 2.45) is 0 Å². The summed E-state index contributed by atoms with van der Waals surface area (Å²) in [5, 5.41) is 2.65. The van der Waals surface area contributed by atoms with Gasteiger partial charge < -0.3 is 4.74 Å². The van der Waals surface area contributed by atoms with Crippen molar-refractivity contribution in [1.82, 2.24) is 4.98 Å². The van der Waals surface area contributed by atoms with E-state index in [1.165, 1.54) is 0 Å². The molecule has 0 aliphatic rings. The predicted molar refractivity (Wildman–Crippen MR) is 66.5 cm³/mol. The molecule has 0 aliphatic heterocycles. The molecule has 1 rings (SSSR count). The molecule has 1 aromatic rings. The fourth-order valence-electron chi connectivity index (χ4n) is 1.08. The van der Waals surface area contributed by atoms with E-state index in [1.54, 1.807) is 12.1 Å². The first kappa shape index (κ1) is 13.0. The number of hydrogen-bond acceptors (Lipinski definition) is 3. The Balaban J connectivity index is 2.70. The smallest absolute Gasteiger partial charge is 0.412 e. The van der Waals surface area contributed by atoms with E-state index >= 15 is 0 Å². The predicted octanol–water partition coefficient (Wildman–Crippen LogP) is 3.50. The van der Waals surface area contributed by atoms with Crippen molar-refractivity contribution in [3.05, 3.63) is 22.4 Å². The van der Waals surface area contributed by atoms with Gasteiger partial charge in [0, 0.05) is 0 Å². The van der Waals surface area contributed by atoms with Gasteiger partial charge in [0.25, 0.3) is 0 Å². The lowest BCUT2D eigenvalue weighted by Gasteiger charge is -2.20. The molecule has 0 fully saturated rings. The lowest BCUT2D eigenvalue weighted by Crippen LogP contribution is -2.27. The van der Waals surface area contributed by atoms with Gasteiger partial charge in [0.1, 0.15) is 10.2 Å². The van der Waals surface area contributed by atoms with E-state index in [2.05, 4.69) is 26.2 Å². The maximum atomic E-state index is 11.5. The molecule has 4 nitrogen and oxygen atoms in total. The zero-order chi connectivity index (χ0) is 12.3. The van der Waals surface area contributed by atoms with E-state index in [0.29, 0.717) is 5.69 Å². The summed E-state index contributed by atoms with van der Waals surface area (Å²) in [5.74, 6) is 0. The van der Waals surface area contributed by atoms with Gasteiger partial charge in [-0.2, -0.15) is 0 Å². The molecule has 0 atom stereocenters. The van der Waals surface area contributed by atoms with Gasteiger partial charge in [0.05, 0.1) is 11.4 Å². The van der Waals surface area contributed by atoms with Crippen LogP contribution in [0, 0.1) is 6.92 Å². The number of nitrogens with zero attached hydrogens (tertiary/aromatic N) is 1. The van der Waals surface area contributed by atoms with Crippen LogP contribution in [0.3, 0.4) is 0 Å². The normalized spacial score (nSPS) is 11.1. The average Bonchev–Trinajstić information content (AvgIpc) is 2.06. The molecule has 0 aromatic carbocycles. The zero-order valence-corrected chi connectivity index (χ0v) is 11.4. The van der Waals surface area contributed by atoms with Crippen LogP contribution in [0.2, 0.25) is 0 Å². The van der Waals surface area contributed by atoms with Crippen LogP contribution in [0.1, 0.15) is 26.5 Å². The van der Waals surface area contributed by atoms with Crippen molar-refractivity contribution in [2.75, 3.05) is 5.32 Å². The number of hydrogen-bond donors (Lipinski definition) is 1. The number of rotatable bonds is 1. The molecule has 0 aliphatic carbocycles. The van der Waals surface area contributed by atoms with E-state index in [0.717, 1.165) is 10.3 Å².